The van der Waals surface area contributed by atoms with Crippen LogP contribution in [0.3, 0.4) is 0 Å². The van der Waals surface area contributed by atoms with Crippen molar-refractivity contribution in [3.63, 3.8) is 0 Å². The van der Waals surface area contributed by atoms with E-state index in [9.17, 15) is 0 Å². The molecule has 0 aliphatic carbocycles. The summed E-state index contributed by atoms with van der Waals surface area (Å²) < 4.78 is 7.84. The molecule has 2 aromatic carbocycles. The maximum absolute atomic E-state index is 5.77. The molecule has 0 saturated carbocycles. The van der Waals surface area contributed by atoms with Gasteiger partial charge in [0.1, 0.15) is 11.5 Å². The number of nitrogens with zero attached hydrogens (tertiary/aromatic N) is 2. The van der Waals surface area contributed by atoms with Gasteiger partial charge in [0.05, 0.1) is 12.0 Å². The zero-order valence-corrected chi connectivity index (χ0v) is 11.4. The number of hydrogen-bond donors (Lipinski definition) is 0. The SMILES string of the molecule is Cc1cn(Cc2ccc(Oc3ccccc3)cc2)cn1. The highest BCUT2D eigenvalue weighted by Crippen LogP contribution is 2.21. The van der Waals surface area contributed by atoms with E-state index in [1.54, 1.807) is 0 Å². The van der Waals surface area contributed by atoms with Crippen molar-refractivity contribution in [1.82, 2.24) is 9.55 Å². The molecule has 1 aromatic heterocycles. The molecule has 3 nitrogen and oxygen atoms in total. The molecule has 0 aliphatic heterocycles. The predicted molar refractivity (Wildman–Crippen MR) is 79.0 cm³/mol. The second kappa shape index (κ2) is 5.61. The highest BCUT2D eigenvalue weighted by atomic mass is 16.5. The van der Waals surface area contributed by atoms with Crippen LogP contribution >= 0.6 is 0 Å². The minimum Gasteiger partial charge on any atom is -0.457 e. The van der Waals surface area contributed by atoms with Crippen LogP contribution in [0.1, 0.15) is 11.3 Å². The van der Waals surface area contributed by atoms with Crippen molar-refractivity contribution in [2.45, 2.75) is 13.5 Å². The van der Waals surface area contributed by atoms with Crippen molar-refractivity contribution >= 4 is 0 Å². The lowest BCUT2D eigenvalue weighted by atomic mass is 10.2. The van der Waals surface area contributed by atoms with Crippen molar-refractivity contribution in [2.24, 2.45) is 0 Å². The first-order valence-corrected chi connectivity index (χ1v) is 6.60. The summed E-state index contributed by atoms with van der Waals surface area (Å²) in [4.78, 5) is 4.22. The van der Waals surface area contributed by atoms with Gasteiger partial charge in [-0.3, -0.25) is 0 Å². The molecule has 0 bridgehead atoms. The average molecular weight is 264 g/mol. The summed E-state index contributed by atoms with van der Waals surface area (Å²) in [6.07, 6.45) is 3.89. The highest BCUT2D eigenvalue weighted by Gasteiger charge is 1.99. The molecular weight excluding hydrogens is 248 g/mol. The van der Waals surface area contributed by atoms with Gasteiger partial charge in [0.25, 0.3) is 0 Å². The third-order valence-electron chi connectivity index (χ3n) is 3.03. The second-order valence-electron chi connectivity index (χ2n) is 4.75. The molecule has 20 heavy (non-hydrogen) atoms. The first-order valence-electron chi connectivity index (χ1n) is 6.60. The highest BCUT2D eigenvalue weighted by molar-refractivity contribution is 5.33. The van der Waals surface area contributed by atoms with Gasteiger partial charge in [-0.05, 0) is 36.8 Å². The van der Waals surface area contributed by atoms with Crippen molar-refractivity contribution in [2.75, 3.05) is 0 Å². The van der Waals surface area contributed by atoms with Gasteiger partial charge >= 0.3 is 0 Å². The average Bonchev–Trinajstić information content (AvgIpc) is 2.88. The Kier molecular flexibility index (Phi) is 3.50. The van der Waals surface area contributed by atoms with Gasteiger partial charge in [-0.2, -0.15) is 0 Å². The number of aryl methyl sites for hydroxylation is 1. The molecule has 0 fully saturated rings. The summed E-state index contributed by atoms with van der Waals surface area (Å²) in [5.41, 5.74) is 2.26. The van der Waals surface area contributed by atoms with Crippen molar-refractivity contribution < 1.29 is 4.74 Å². The number of hydrogen-bond acceptors (Lipinski definition) is 2. The van der Waals surface area contributed by atoms with Gasteiger partial charge in [-0.25, -0.2) is 4.98 Å². The zero-order valence-electron chi connectivity index (χ0n) is 11.4. The first-order chi connectivity index (χ1) is 9.79. The van der Waals surface area contributed by atoms with Crippen molar-refractivity contribution in [3.05, 3.63) is 78.4 Å². The molecule has 0 saturated heterocycles. The molecule has 1 heterocycles. The van der Waals surface area contributed by atoms with Crippen LogP contribution in [0.15, 0.2) is 67.1 Å². The number of ether oxygens (including phenoxy) is 1. The van der Waals surface area contributed by atoms with E-state index in [0.717, 1.165) is 23.7 Å². The normalized spacial score (nSPS) is 10.4. The van der Waals surface area contributed by atoms with Gasteiger partial charge in [0.15, 0.2) is 0 Å². The van der Waals surface area contributed by atoms with Crippen LogP contribution in [0, 0.1) is 6.92 Å². The molecule has 0 radical (unpaired) electrons. The van der Waals surface area contributed by atoms with Crippen LogP contribution in [0.25, 0.3) is 0 Å². The lowest BCUT2D eigenvalue weighted by molar-refractivity contribution is 0.482. The molecule has 0 atom stereocenters. The lowest BCUT2D eigenvalue weighted by Gasteiger charge is -2.07. The maximum Gasteiger partial charge on any atom is 0.127 e. The number of para-hydroxylation sites is 1. The second-order valence-corrected chi connectivity index (χ2v) is 4.75. The molecule has 3 aromatic rings. The summed E-state index contributed by atoms with van der Waals surface area (Å²) in [5, 5.41) is 0. The van der Waals surface area contributed by atoms with E-state index < -0.39 is 0 Å². The summed E-state index contributed by atoms with van der Waals surface area (Å²) in [7, 11) is 0. The molecule has 3 heteroatoms. The maximum atomic E-state index is 5.77. The fraction of sp³-hybridized carbons (Fsp3) is 0.118. The van der Waals surface area contributed by atoms with Gasteiger partial charge < -0.3 is 9.30 Å². The lowest BCUT2D eigenvalue weighted by Crippen LogP contribution is -1.96. The fourth-order valence-electron chi connectivity index (χ4n) is 2.06. The Morgan fingerprint density at radius 2 is 1.65 bits per heavy atom. The minimum atomic E-state index is 0.826. The zero-order chi connectivity index (χ0) is 13.8. The Balaban J connectivity index is 1.68. The van der Waals surface area contributed by atoms with E-state index in [1.807, 2.05) is 61.9 Å². The first kappa shape index (κ1) is 12.5. The number of benzene rings is 2. The Morgan fingerprint density at radius 1 is 0.950 bits per heavy atom. The molecular formula is C17H16N2O. The van der Waals surface area contributed by atoms with Gasteiger partial charge in [0.2, 0.25) is 0 Å². The monoisotopic (exact) mass is 264 g/mol. The number of aromatic nitrogens is 2. The summed E-state index contributed by atoms with van der Waals surface area (Å²) in [5.74, 6) is 1.70. The fourth-order valence-corrected chi connectivity index (χ4v) is 2.06. The van der Waals surface area contributed by atoms with E-state index >= 15 is 0 Å². The van der Waals surface area contributed by atoms with Crippen molar-refractivity contribution in [3.8, 4) is 11.5 Å². The van der Waals surface area contributed by atoms with Gasteiger partial charge in [0, 0.05) is 12.7 Å². The van der Waals surface area contributed by atoms with Gasteiger partial charge in [-0.1, -0.05) is 30.3 Å². The smallest absolute Gasteiger partial charge is 0.127 e. The molecule has 100 valence electrons. The Labute approximate surface area is 118 Å². The van der Waals surface area contributed by atoms with Crippen LogP contribution in [-0.2, 0) is 6.54 Å². The third-order valence-corrected chi connectivity index (χ3v) is 3.03. The Bertz CT molecular complexity index is 672. The van der Waals surface area contributed by atoms with Crippen LogP contribution in [0.4, 0.5) is 0 Å². The number of rotatable bonds is 4. The van der Waals surface area contributed by atoms with E-state index in [-0.39, 0.29) is 0 Å². The number of imidazole rings is 1. The van der Waals surface area contributed by atoms with Crippen LogP contribution in [-0.4, -0.2) is 9.55 Å². The minimum absolute atomic E-state index is 0.826. The van der Waals surface area contributed by atoms with Crippen LogP contribution in [0.2, 0.25) is 0 Å². The standard InChI is InChI=1S/C17H16N2O/c1-14-11-19(13-18-14)12-15-7-9-17(10-8-15)20-16-5-3-2-4-6-16/h2-11,13H,12H2,1H3. The third kappa shape index (κ3) is 3.06. The van der Waals surface area contributed by atoms with Crippen LogP contribution in [0.5, 0.6) is 11.5 Å². The largest absolute Gasteiger partial charge is 0.457 e. The Hall–Kier alpha value is -2.55. The van der Waals surface area contributed by atoms with Gasteiger partial charge in [-0.15, -0.1) is 0 Å². The quantitative estimate of drug-likeness (QED) is 0.711. The molecule has 3 rings (SSSR count). The molecule has 0 unspecified atom stereocenters. The summed E-state index contributed by atoms with van der Waals surface area (Å²) in [6.45, 7) is 2.82. The van der Waals surface area contributed by atoms with E-state index in [0.29, 0.717) is 0 Å². The van der Waals surface area contributed by atoms with Crippen LogP contribution < -0.4 is 4.74 Å². The van der Waals surface area contributed by atoms with E-state index in [2.05, 4.69) is 21.7 Å². The molecule has 0 amide bonds. The molecule has 0 aliphatic rings. The summed E-state index contributed by atoms with van der Waals surface area (Å²) >= 11 is 0. The Morgan fingerprint density at radius 3 is 2.30 bits per heavy atom. The predicted octanol–water partition coefficient (Wildman–Crippen LogP) is 4.03. The van der Waals surface area contributed by atoms with Crippen molar-refractivity contribution in [1.29, 1.82) is 0 Å². The molecule has 0 spiro atoms. The van der Waals surface area contributed by atoms with E-state index in [4.69, 9.17) is 4.74 Å². The van der Waals surface area contributed by atoms with E-state index in [1.165, 1.54) is 5.56 Å². The topological polar surface area (TPSA) is 27.1 Å². The molecule has 0 N–H and O–H groups in total. The summed E-state index contributed by atoms with van der Waals surface area (Å²) in [6, 6.07) is 17.9.